The van der Waals surface area contributed by atoms with Crippen molar-refractivity contribution in [3.05, 3.63) is 0 Å². The number of carbonyl (C=O) groups excluding carboxylic acids is 1. The maximum absolute atomic E-state index is 10.7. The number of rotatable bonds is 6. The molecule has 0 radical (unpaired) electrons. The van der Waals surface area contributed by atoms with E-state index in [1.54, 1.807) is 0 Å². The van der Waals surface area contributed by atoms with Gasteiger partial charge in [0.25, 0.3) is 0 Å². The van der Waals surface area contributed by atoms with Gasteiger partial charge in [-0.1, -0.05) is 26.7 Å². The molecule has 0 aromatic carbocycles. The maximum atomic E-state index is 10.7. The molecular formula is C13H26N2O. The molecule has 0 atom stereocenters. The topological polar surface area (TPSA) is 23.6 Å². The number of unbranched alkanes of at least 4 members (excludes halogenated alkanes) is 1. The Bertz CT molecular complexity index is 194. The van der Waals surface area contributed by atoms with Crippen molar-refractivity contribution in [2.75, 3.05) is 32.7 Å². The molecule has 0 saturated carbocycles. The Balaban J connectivity index is 2.10. The molecular weight excluding hydrogens is 200 g/mol. The monoisotopic (exact) mass is 226 g/mol. The lowest BCUT2D eigenvalue weighted by molar-refractivity contribution is -0.118. The first kappa shape index (κ1) is 13.5. The highest BCUT2D eigenvalue weighted by molar-refractivity contribution is 5.46. The molecule has 1 saturated heterocycles. The first-order valence-corrected chi connectivity index (χ1v) is 6.64. The van der Waals surface area contributed by atoms with Gasteiger partial charge in [-0.3, -0.25) is 4.79 Å². The molecule has 0 spiro atoms. The third-order valence-electron chi connectivity index (χ3n) is 3.28. The van der Waals surface area contributed by atoms with E-state index < -0.39 is 0 Å². The van der Waals surface area contributed by atoms with Crippen molar-refractivity contribution in [3.63, 3.8) is 0 Å². The van der Waals surface area contributed by atoms with Crippen LogP contribution in [0, 0.1) is 5.92 Å². The summed E-state index contributed by atoms with van der Waals surface area (Å²) in [6.45, 7) is 9.84. The van der Waals surface area contributed by atoms with Gasteiger partial charge in [0.2, 0.25) is 6.41 Å². The molecule has 0 aliphatic carbocycles. The van der Waals surface area contributed by atoms with Gasteiger partial charge in [-0.25, -0.2) is 0 Å². The normalized spacial score (nSPS) is 18.8. The summed E-state index contributed by atoms with van der Waals surface area (Å²) in [5, 5.41) is 0. The number of amides is 1. The summed E-state index contributed by atoms with van der Waals surface area (Å²) in [6, 6.07) is 0. The highest BCUT2D eigenvalue weighted by Crippen LogP contribution is 2.08. The molecule has 94 valence electrons. The van der Waals surface area contributed by atoms with Gasteiger partial charge in [0.05, 0.1) is 0 Å². The molecule has 0 aromatic heterocycles. The Labute approximate surface area is 99.8 Å². The second-order valence-electron chi connectivity index (χ2n) is 5.23. The quantitative estimate of drug-likeness (QED) is 0.511. The number of hydrogen-bond donors (Lipinski definition) is 0. The van der Waals surface area contributed by atoms with Crippen LogP contribution in [0.1, 0.15) is 39.5 Å². The minimum Gasteiger partial charge on any atom is -0.344 e. The van der Waals surface area contributed by atoms with Crippen molar-refractivity contribution >= 4 is 6.41 Å². The van der Waals surface area contributed by atoms with Crippen LogP contribution in [-0.2, 0) is 4.79 Å². The van der Waals surface area contributed by atoms with E-state index in [0.717, 1.165) is 44.9 Å². The van der Waals surface area contributed by atoms with Gasteiger partial charge in [-0.2, -0.15) is 0 Å². The highest BCUT2D eigenvalue weighted by Gasteiger charge is 2.12. The molecule has 0 unspecified atom stereocenters. The molecule has 3 heteroatoms. The predicted molar refractivity (Wildman–Crippen MR) is 67.4 cm³/mol. The van der Waals surface area contributed by atoms with Gasteiger partial charge in [-0.15, -0.1) is 0 Å². The fourth-order valence-electron chi connectivity index (χ4n) is 2.21. The lowest BCUT2D eigenvalue weighted by Gasteiger charge is -2.19. The molecule has 1 rings (SSSR count). The summed E-state index contributed by atoms with van der Waals surface area (Å²) in [5.74, 6) is 0.828. The molecule has 1 aliphatic heterocycles. The highest BCUT2D eigenvalue weighted by atomic mass is 16.1. The summed E-state index contributed by atoms with van der Waals surface area (Å²) >= 11 is 0. The largest absolute Gasteiger partial charge is 0.344 e. The van der Waals surface area contributed by atoms with Gasteiger partial charge < -0.3 is 9.80 Å². The van der Waals surface area contributed by atoms with Crippen LogP contribution in [0.15, 0.2) is 0 Å². The Hall–Kier alpha value is -0.570. The fourth-order valence-corrected chi connectivity index (χ4v) is 2.21. The zero-order valence-electron chi connectivity index (χ0n) is 10.8. The van der Waals surface area contributed by atoms with Crippen LogP contribution >= 0.6 is 0 Å². The third kappa shape index (κ3) is 5.50. The van der Waals surface area contributed by atoms with Crippen LogP contribution in [0.4, 0.5) is 0 Å². The summed E-state index contributed by atoms with van der Waals surface area (Å²) < 4.78 is 0. The average Bonchev–Trinajstić information content (AvgIpc) is 2.49. The molecule has 1 heterocycles. The van der Waals surface area contributed by atoms with E-state index in [1.807, 2.05) is 4.90 Å². The van der Waals surface area contributed by atoms with E-state index in [2.05, 4.69) is 18.7 Å². The van der Waals surface area contributed by atoms with Crippen molar-refractivity contribution in [2.45, 2.75) is 39.5 Å². The second kappa shape index (κ2) is 7.66. The number of carbonyl (C=O) groups is 1. The van der Waals surface area contributed by atoms with Gasteiger partial charge in [0.15, 0.2) is 0 Å². The van der Waals surface area contributed by atoms with Gasteiger partial charge in [0.1, 0.15) is 0 Å². The molecule has 0 bridgehead atoms. The van der Waals surface area contributed by atoms with Crippen molar-refractivity contribution in [1.29, 1.82) is 0 Å². The standard InChI is InChI=1S/C13H26N2O/c1-13(2)6-3-4-7-14-8-5-9-15(12-16)11-10-14/h12-13H,3-11H2,1-2H3. The van der Waals surface area contributed by atoms with Crippen LogP contribution in [0.25, 0.3) is 0 Å². The Morgan fingerprint density at radius 1 is 1.12 bits per heavy atom. The summed E-state index contributed by atoms with van der Waals surface area (Å²) in [6.07, 6.45) is 6.10. The van der Waals surface area contributed by atoms with E-state index in [0.29, 0.717) is 0 Å². The lowest BCUT2D eigenvalue weighted by Crippen LogP contribution is -2.30. The van der Waals surface area contributed by atoms with Crippen LogP contribution in [0.3, 0.4) is 0 Å². The Kier molecular flexibility index (Phi) is 6.46. The van der Waals surface area contributed by atoms with E-state index >= 15 is 0 Å². The van der Waals surface area contributed by atoms with E-state index in [4.69, 9.17) is 0 Å². The van der Waals surface area contributed by atoms with E-state index in [-0.39, 0.29) is 0 Å². The molecule has 3 nitrogen and oxygen atoms in total. The van der Waals surface area contributed by atoms with Crippen molar-refractivity contribution < 1.29 is 4.79 Å². The zero-order valence-corrected chi connectivity index (χ0v) is 10.8. The third-order valence-corrected chi connectivity index (χ3v) is 3.28. The Morgan fingerprint density at radius 3 is 2.62 bits per heavy atom. The predicted octanol–water partition coefficient (Wildman–Crippen LogP) is 1.98. The van der Waals surface area contributed by atoms with Crippen LogP contribution in [0.2, 0.25) is 0 Å². The van der Waals surface area contributed by atoms with Gasteiger partial charge in [-0.05, 0) is 31.8 Å². The summed E-state index contributed by atoms with van der Waals surface area (Å²) in [7, 11) is 0. The SMILES string of the molecule is CC(C)CCCCN1CCCN(C=O)CC1. The van der Waals surface area contributed by atoms with Crippen LogP contribution in [-0.4, -0.2) is 48.9 Å². The maximum Gasteiger partial charge on any atom is 0.209 e. The Morgan fingerprint density at radius 2 is 1.94 bits per heavy atom. The smallest absolute Gasteiger partial charge is 0.209 e. The van der Waals surface area contributed by atoms with Crippen LogP contribution < -0.4 is 0 Å². The average molecular weight is 226 g/mol. The summed E-state index contributed by atoms with van der Waals surface area (Å²) in [5.41, 5.74) is 0. The molecule has 1 aliphatic rings. The number of nitrogens with zero attached hydrogens (tertiary/aromatic N) is 2. The molecule has 16 heavy (non-hydrogen) atoms. The minimum absolute atomic E-state index is 0.828. The van der Waals surface area contributed by atoms with E-state index in [9.17, 15) is 4.79 Å². The fraction of sp³-hybridized carbons (Fsp3) is 0.923. The first-order valence-electron chi connectivity index (χ1n) is 6.64. The van der Waals surface area contributed by atoms with E-state index in [1.165, 1.54) is 25.8 Å². The van der Waals surface area contributed by atoms with Crippen molar-refractivity contribution in [1.82, 2.24) is 9.80 Å². The molecule has 1 fully saturated rings. The molecule has 0 aromatic rings. The van der Waals surface area contributed by atoms with Crippen molar-refractivity contribution in [3.8, 4) is 0 Å². The van der Waals surface area contributed by atoms with Gasteiger partial charge in [0, 0.05) is 19.6 Å². The summed E-state index contributed by atoms with van der Waals surface area (Å²) in [4.78, 5) is 15.1. The molecule has 0 N–H and O–H groups in total. The number of hydrogen-bond acceptors (Lipinski definition) is 2. The lowest BCUT2D eigenvalue weighted by atomic mass is 10.1. The van der Waals surface area contributed by atoms with Gasteiger partial charge >= 0.3 is 0 Å². The first-order chi connectivity index (χ1) is 7.72. The van der Waals surface area contributed by atoms with Crippen molar-refractivity contribution in [2.24, 2.45) is 5.92 Å². The zero-order chi connectivity index (χ0) is 11.8. The second-order valence-corrected chi connectivity index (χ2v) is 5.23. The molecule has 1 amide bonds. The minimum atomic E-state index is 0.828. The van der Waals surface area contributed by atoms with Crippen LogP contribution in [0.5, 0.6) is 0 Å².